The maximum absolute atomic E-state index is 11.2. The average Bonchev–Trinajstić information content (AvgIpc) is 2.71. The number of H-pyrrole nitrogens is 1. The number of nitrogens with two attached hydrogens (primary N) is 1. The molecule has 1 aliphatic rings. The van der Waals surface area contributed by atoms with Crippen molar-refractivity contribution in [3.63, 3.8) is 0 Å². The van der Waals surface area contributed by atoms with E-state index in [9.17, 15) is 4.79 Å². The van der Waals surface area contributed by atoms with Crippen molar-refractivity contribution in [2.45, 2.75) is 18.9 Å². The molecule has 0 aliphatic carbocycles. The maximum atomic E-state index is 11.2. The van der Waals surface area contributed by atoms with Gasteiger partial charge in [-0.2, -0.15) is 0 Å². The molecule has 0 radical (unpaired) electrons. The van der Waals surface area contributed by atoms with Crippen LogP contribution in [0.25, 0.3) is 0 Å². The molecule has 1 fully saturated rings. The van der Waals surface area contributed by atoms with Gasteiger partial charge in [-0.05, 0) is 38.1 Å². The summed E-state index contributed by atoms with van der Waals surface area (Å²) in [6, 6.07) is 2.38. The fraction of sp³-hybridized carbons (Fsp3) is 0.545. The van der Waals surface area contributed by atoms with E-state index in [1.165, 1.54) is 5.56 Å². The zero-order valence-corrected chi connectivity index (χ0v) is 8.94. The first kappa shape index (κ1) is 10.2. The van der Waals surface area contributed by atoms with E-state index >= 15 is 0 Å². The van der Waals surface area contributed by atoms with E-state index in [1.807, 2.05) is 12.4 Å². The Morgan fingerprint density at radius 3 is 3.07 bits per heavy atom. The zero-order valence-electron chi connectivity index (χ0n) is 8.94. The van der Waals surface area contributed by atoms with Crippen LogP contribution in [-0.4, -0.2) is 29.4 Å². The molecule has 1 aromatic rings. The van der Waals surface area contributed by atoms with Crippen LogP contribution in [0.3, 0.4) is 0 Å². The first-order chi connectivity index (χ1) is 7.18. The summed E-state index contributed by atoms with van der Waals surface area (Å²) < 4.78 is 0. The third kappa shape index (κ3) is 2.04. The van der Waals surface area contributed by atoms with Crippen molar-refractivity contribution in [1.82, 2.24) is 9.88 Å². The number of likely N-dealkylation sites (tertiary alicyclic amines) is 1. The van der Waals surface area contributed by atoms with Gasteiger partial charge in [0.05, 0.1) is 0 Å². The Morgan fingerprint density at radius 2 is 2.47 bits per heavy atom. The molecule has 1 amide bonds. The van der Waals surface area contributed by atoms with Gasteiger partial charge in [-0.15, -0.1) is 0 Å². The summed E-state index contributed by atoms with van der Waals surface area (Å²) in [5, 5.41) is 0. The summed E-state index contributed by atoms with van der Waals surface area (Å²) in [6.45, 7) is 0.934. The van der Waals surface area contributed by atoms with Crippen molar-refractivity contribution < 1.29 is 4.79 Å². The van der Waals surface area contributed by atoms with Crippen molar-refractivity contribution >= 4 is 5.91 Å². The lowest BCUT2D eigenvalue weighted by molar-refractivity contribution is -0.123. The molecule has 1 saturated heterocycles. The van der Waals surface area contributed by atoms with Gasteiger partial charge >= 0.3 is 0 Å². The van der Waals surface area contributed by atoms with Crippen molar-refractivity contribution in [3.05, 3.63) is 24.0 Å². The molecule has 2 rings (SSSR count). The van der Waals surface area contributed by atoms with E-state index in [0.717, 1.165) is 19.4 Å². The molecule has 4 nitrogen and oxygen atoms in total. The summed E-state index contributed by atoms with van der Waals surface area (Å²) in [7, 11) is 2.09. The summed E-state index contributed by atoms with van der Waals surface area (Å²) in [5.74, 6) is -0.135. The van der Waals surface area contributed by atoms with E-state index < -0.39 is 0 Å². The topological polar surface area (TPSA) is 62.1 Å². The lowest BCUT2D eigenvalue weighted by atomic mass is 9.88. The largest absolute Gasteiger partial charge is 0.369 e. The fourth-order valence-electron chi connectivity index (χ4n) is 2.28. The van der Waals surface area contributed by atoms with E-state index in [0.29, 0.717) is 6.04 Å². The number of rotatable bonds is 2. The Bertz CT molecular complexity index is 334. The van der Waals surface area contributed by atoms with Gasteiger partial charge in [0.25, 0.3) is 0 Å². The number of amides is 1. The first-order valence-corrected chi connectivity index (χ1v) is 5.30. The van der Waals surface area contributed by atoms with Gasteiger partial charge in [0.1, 0.15) is 0 Å². The molecule has 2 unspecified atom stereocenters. The van der Waals surface area contributed by atoms with E-state index in [4.69, 9.17) is 5.73 Å². The lowest BCUT2D eigenvalue weighted by Gasteiger charge is -2.35. The molecule has 1 aromatic heterocycles. The highest BCUT2D eigenvalue weighted by atomic mass is 16.1. The monoisotopic (exact) mass is 207 g/mol. The van der Waals surface area contributed by atoms with Crippen LogP contribution < -0.4 is 5.73 Å². The quantitative estimate of drug-likeness (QED) is 0.756. The normalized spacial score (nSPS) is 27.8. The third-order valence-electron chi connectivity index (χ3n) is 3.28. The second kappa shape index (κ2) is 4.06. The summed E-state index contributed by atoms with van der Waals surface area (Å²) in [4.78, 5) is 16.5. The summed E-state index contributed by atoms with van der Waals surface area (Å²) >= 11 is 0. The molecule has 3 N–H and O–H groups in total. The Hall–Kier alpha value is -1.29. The number of hydrogen-bond acceptors (Lipinski definition) is 2. The molecule has 0 saturated carbocycles. The van der Waals surface area contributed by atoms with Crippen LogP contribution in [0.4, 0.5) is 0 Å². The number of piperidine rings is 1. The Morgan fingerprint density at radius 1 is 1.67 bits per heavy atom. The third-order valence-corrected chi connectivity index (χ3v) is 3.28. The number of aromatic nitrogens is 1. The smallest absolute Gasteiger partial charge is 0.220 e. The van der Waals surface area contributed by atoms with Gasteiger partial charge in [-0.25, -0.2) is 0 Å². The van der Waals surface area contributed by atoms with Gasteiger partial charge < -0.3 is 10.7 Å². The predicted molar refractivity (Wildman–Crippen MR) is 58.1 cm³/mol. The Labute approximate surface area is 89.5 Å². The van der Waals surface area contributed by atoms with Crippen LogP contribution in [0.5, 0.6) is 0 Å². The second-order valence-corrected chi connectivity index (χ2v) is 4.26. The number of nitrogens with one attached hydrogen (secondary N) is 1. The van der Waals surface area contributed by atoms with Crippen LogP contribution in [0.2, 0.25) is 0 Å². The number of nitrogens with zero attached hydrogens (tertiary/aromatic N) is 1. The summed E-state index contributed by atoms with van der Waals surface area (Å²) in [5.41, 5.74) is 6.60. The van der Waals surface area contributed by atoms with Crippen molar-refractivity contribution in [2.24, 2.45) is 11.7 Å². The molecule has 82 valence electrons. The standard InChI is InChI=1S/C11H17N3O/c1-14-5-3-8(11(12)15)6-10(14)9-2-4-13-7-9/h2,4,7-8,10,13H,3,5-6H2,1H3,(H2,12,15). The van der Waals surface area contributed by atoms with Crippen molar-refractivity contribution in [2.75, 3.05) is 13.6 Å². The molecular weight excluding hydrogens is 190 g/mol. The maximum Gasteiger partial charge on any atom is 0.220 e. The number of carbonyl (C=O) groups is 1. The van der Waals surface area contributed by atoms with E-state index in [2.05, 4.69) is 23.0 Å². The van der Waals surface area contributed by atoms with Crippen LogP contribution in [0.1, 0.15) is 24.4 Å². The first-order valence-electron chi connectivity index (χ1n) is 5.30. The zero-order chi connectivity index (χ0) is 10.8. The molecule has 0 aromatic carbocycles. The van der Waals surface area contributed by atoms with Gasteiger partial charge in [-0.1, -0.05) is 0 Å². The van der Waals surface area contributed by atoms with Crippen LogP contribution in [0.15, 0.2) is 18.5 Å². The highest BCUT2D eigenvalue weighted by Crippen LogP contribution is 2.32. The number of aromatic amines is 1. The number of hydrogen-bond donors (Lipinski definition) is 2. The SMILES string of the molecule is CN1CCC(C(N)=O)CC1c1cc[nH]c1. The Kier molecular flexibility index (Phi) is 2.77. The fourth-order valence-corrected chi connectivity index (χ4v) is 2.28. The molecular formula is C11H17N3O. The molecule has 4 heteroatoms. The van der Waals surface area contributed by atoms with Crippen molar-refractivity contribution in [3.8, 4) is 0 Å². The summed E-state index contributed by atoms with van der Waals surface area (Å²) in [6.07, 6.45) is 5.62. The second-order valence-electron chi connectivity index (χ2n) is 4.26. The molecule has 2 atom stereocenters. The molecule has 2 heterocycles. The molecule has 15 heavy (non-hydrogen) atoms. The minimum Gasteiger partial charge on any atom is -0.369 e. The van der Waals surface area contributed by atoms with Gasteiger partial charge in [-0.3, -0.25) is 9.69 Å². The average molecular weight is 207 g/mol. The highest BCUT2D eigenvalue weighted by molar-refractivity contribution is 5.76. The van der Waals surface area contributed by atoms with E-state index in [-0.39, 0.29) is 11.8 Å². The predicted octanol–water partition coefficient (Wildman–Crippen LogP) is 0.883. The minimum atomic E-state index is -0.163. The molecule has 1 aliphatic heterocycles. The van der Waals surface area contributed by atoms with E-state index in [1.54, 1.807) is 0 Å². The van der Waals surface area contributed by atoms with Crippen LogP contribution in [0, 0.1) is 5.92 Å². The van der Waals surface area contributed by atoms with Crippen molar-refractivity contribution in [1.29, 1.82) is 0 Å². The lowest BCUT2D eigenvalue weighted by Crippen LogP contribution is -2.38. The van der Waals surface area contributed by atoms with Gasteiger partial charge in [0.2, 0.25) is 5.91 Å². The number of carbonyl (C=O) groups excluding carboxylic acids is 1. The van der Waals surface area contributed by atoms with Gasteiger partial charge in [0.15, 0.2) is 0 Å². The van der Waals surface area contributed by atoms with Gasteiger partial charge in [0, 0.05) is 24.4 Å². The molecule has 0 spiro atoms. The highest BCUT2D eigenvalue weighted by Gasteiger charge is 2.30. The van der Waals surface area contributed by atoms with Crippen LogP contribution >= 0.6 is 0 Å². The molecule has 0 bridgehead atoms. The minimum absolute atomic E-state index is 0.0288. The van der Waals surface area contributed by atoms with Crippen LogP contribution in [-0.2, 0) is 4.79 Å². The number of primary amides is 1. The Balaban J connectivity index is 2.12.